The third-order valence-corrected chi connectivity index (χ3v) is 5.67. The van der Waals surface area contributed by atoms with Gasteiger partial charge in [-0.15, -0.1) is 5.10 Å². The standard InChI is InChI=1S/C26H33N3O4/c1-7-16-26(32-5,33-6)24-27-22(29(28-24)25(2,3)4)17-18-12-14-19(15-13-18)20-10-8-9-11-21(20)23(30)31/h8-15H,7,16-17H2,1-6H3,(H,30,31). The lowest BCUT2D eigenvalue weighted by atomic mass is 9.98. The Labute approximate surface area is 195 Å². The number of methoxy groups -OCH3 is 2. The Hall–Kier alpha value is -3.03. The molecule has 0 saturated heterocycles. The summed E-state index contributed by atoms with van der Waals surface area (Å²) in [7, 11) is 3.23. The summed E-state index contributed by atoms with van der Waals surface area (Å²) in [6.07, 6.45) is 2.08. The van der Waals surface area contributed by atoms with Crippen LogP contribution < -0.4 is 0 Å². The van der Waals surface area contributed by atoms with Gasteiger partial charge < -0.3 is 14.6 Å². The van der Waals surface area contributed by atoms with Crippen LogP contribution in [-0.2, 0) is 27.2 Å². The van der Waals surface area contributed by atoms with E-state index in [0.717, 1.165) is 23.4 Å². The van der Waals surface area contributed by atoms with Crippen molar-refractivity contribution in [3.8, 4) is 11.1 Å². The Morgan fingerprint density at radius 1 is 1.03 bits per heavy atom. The van der Waals surface area contributed by atoms with E-state index in [-0.39, 0.29) is 11.1 Å². The molecule has 0 bridgehead atoms. The molecule has 0 aliphatic carbocycles. The quantitative estimate of drug-likeness (QED) is 0.448. The number of carboxylic acid groups (broad SMARTS) is 1. The lowest BCUT2D eigenvalue weighted by Gasteiger charge is -2.27. The van der Waals surface area contributed by atoms with Crippen LogP contribution in [0.5, 0.6) is 0 Å². The van der Waals surface area contributed by atoms with Gasteiger partial charge in [0.1, 0.15) is 5.82 Å². The molecule has 0 unspecified atom stereocenters. The molecule has 33 heavy (non-hydrogen) atoms. The number of hydrogen-bond donors (Lipinski definition) is 1. The molecule has 1 N–H and O–H groups in total. The predicted molar refractivity (Wildman–Crippen MR) is 127 cm³/mol. The monoisotopic (exact) mass is 451 g/mol. The first-order valence-electron chi connectivity index (χ1n) is 11.1. The molecule has 3 aromatic rings. The van der Waals surface area contributed by atoms with Crippen molar-refractivity contribution in [2.24, 2.45) is 0 Å². The third kappa shape index (κ3) is 5.15. The topological polar surface area (TPSA) is 86.5 Å². The predicted octanol–water partition coefficient (Wildman–Crippen LogP) is 5.23. The summed E-state index contributed by atoms with van der Waals surface area (Å²) in [5.41, 5.74) is 2.61. The van der Waals surface area contributed by atoms with Gasteiger partial charge in [0.15, 0.2) is 0 Å². The van der Waals surface area contributed by atoms with Crippen LogP contribution in [0, 0.1) is 0 Å². The fraction of sp³-hybridized carbons (Fsp3) is 0.423. The summed E-state index contributed by atoms with van der Waals surface area (Å²) >= 11 is 0. The van der Waals surface area contributed by atoms with E-state index < -0.39 is 11.8 Å². The van der Waals surface area contributed by atoms with Crippen molar-refractivity contribution in [1.82, 2.24) is 14.8 Å². The van der Waals surface area contributed by atoms with Crippen molar-refractivity contribution in [2.45, 2.75) is 58.3 Å². The Morgan fingerprint density at radius 3 is 2.21 bits per heavy atom. The van der Waals surface area contributed by atoms with Crippen molar-refractivity contribution in [3.63, 3.8) is 0 Å². The van der Waals surface area contributed by atoms with Crippen molar-refractivity contribution in [3.05, 3.63) is 71.3 Å². The Balaban J connectivity index is 1.96. The van der Waals surface area contributed by atoms with Crippen LogP contribution in [0.15, 0.2) is 48.5 Å². The van der Waals surface area contributed by atoms with Gasteiger partial charge in [-0.3, -0.25) is 0 Å². The molecule has 0 radical (unpaired) electrons. The molecule has 0 saturated carbocycles. The molecular formula is C26H33N3O4. The fourth-order valence-corrected chi connectivity index (χ4v) is 3.97. The smallest absolute Gasteiger partial charge is 0.336 e. The van der Waals surface area contributed by atoms with E-state index in [0.29, 0.717) is 24.2 Å². The first-order chi connectivity index (χ1) is 15.6. The maximum Gasteiger partial charge on any atom is 0.336 e. The van der Waals surface area contributed by atoms with Gasteiger partial charge in [-0.1, -0.05) is 55.8 Å². The highest BCUT2D eigenvalue weighted by molar-refractivity contribution is 5.95. The highest BCUT2D eigenvalue weighted by Gasteiger charge is 2.37. The van der Waals surface area contributed by atoms with Crippen molar-refractivity contribution < 1.29 is 19.4 Å². The van der Waals surface area contributed by atoms with E-state index in [1.54, 1.807) is 26.4 Å². The molecule has 1 heterocycles. The zero-order valence-electron chi connectivity index (χ0n) is 20.3. The summed E-state index contributed by atoms with van der Waals surface area (Å²) in [5.74, 6) is -0.589. The Morgan fingerprint density at radius 2 is 1.67 bits per heavy atom. The van der Waals surface area contributed by atoms with Gasteiger partial charge in [-0.05, 0) is 43.5 Å². The van der Waals surface area contributed by atoms with E-state index in [4.69, 9.17) is 19.6 Å². The minimum Gasteiger partial charge on any atom is -0.478 e. The molecular weight excluding hydrogens is 418 g/mol. The molecule has 3 rings (SSSR count). The van der Waals surface area contributed by atoms with Crippen LogP contribution in [0.25, 0.3) is 11.1 Å². The van der Waals surface area contributed by atoms with Gasteiger partial charge >= 0.3 is 5.97 Å². The molecule has 7 heteroatoms. The molecule has 2 aromatic carbocycles. The van der Waals surface area contributed by atoms with Crippen molar-refractivity contribution in [2.75, 3.05) is 14.2 Å². The second-order valence-electron chi connectivity index (χ2n) is 9.07. The van der Waals surface area contributed by atoms with E-state index >= 15 is 0 Å². The number of benzene rings is 2. The van der Waals surface area contributed by atoms with Crippen LogP contribution in [0.1, 0.15) is 68.1 Å². The van der Waals surface area contributed by atoms with E-state index in [2.05, 4.69) is 27.7 Å². The number of carboxylic acids is 1. The van der Waals surface area contributed by atoms with Crippen LogP contribution >= 0.6 is 0 Å². The Kier molecular flexibility index (Phi) is 7.34. The SMILES string of the molecule is CCCC(OC)(OC)c1nc(Cc2ccc(-c3ccccc3C(=O)O)cc2)n(C(C)(C)C)n1. The largest absolute Gasteiger partial charge is 0.478 e. The van der Waals surface area contributed by atoms with Gasteiger partial charge in [0.25, 0.3) is 0 Å². The normalized spacial score (nSPS) is 12.2. The summed E-state index contributed by atoms with van der Waals surface area (Å²) in [6.45, 7) is 8.32. The number of carbonyl (C=O) groups is 1. The molecule has 0 aliphatic heterocycles. The number of aromatic nitrogens is 3. The van der Waals surface area contributed by atoms with Crippen molar-refractivity contribution in [1.29, 1.82) is 0 Å². The zero-order chi connectivity index (χ0) is 24.2. The fourth-order valence-electron chi connectivity index (χ4n) is 3.97. The lowest BCUT2D eigenvalue weighted by Crippen LogP contribution is -2.33. The maximum absolute atomic E-state index is 11.6. The number of rotatable bonds is 9. The van der Waals surface area contributed by atoms with Gasteiger partial charge in [-0.25, -0.2) is 14.5 Å². The number of ether oxygens (including phenoxy) is 2. The molecule has 0 amide bonds. The van der Waals surface area contributed by atoms with Crippen molar-refractivity contribution >= 4 is 5.97 Å². The van der Waals surface area contributed by atoms with Crippen LogP contribution in [0.4, 0.5) is 0 Å². The van der Waals surface area contributed by atoms with E-state index in [1.165, 1.54) is 0 Å². The van der Waals surface area contributed by atoms with Gasteiger partial charge in [0.2, 0.25) is 11.6 Å². The lowest BCUT2D eigenvalue weighted by molar-refractivity contribution is -0.225. The highest BCUT2D eigenvalue weighted by Crippen LogP contribution is 2.31. The second-order valence-corrected chi connectivity index (χ2v) is 9.07. The van der Waals surface area contributed by atoms with E-state index in [1.807, 2.05) is 41.1 Å². The number of nitrogens with zero attached hydrogens (tertiary/aromatic N) is 3. The zero-order valence-corrected chi connectivity index (χ0v) is 20.3. The van der Waals surface area contributed by atoms with Gasteiger partial charge in [0, 0.05) is 27.1 Å². The van der Waals surface area contributed by atoms with Gasteiger partial charge in [-0.2, -0.15) is 0 Å². The Bertz CT molecular complexity index is 1090. The summed E-state index contributed by atoms with van der Waals surface area (Å²) in [6, 6.07) is 14.9. The average molecular weight is 452 g/mol. The average Bonchev–Trinajstić information content (AvgIpc) is 3.23. The molecule has 0 fully saturated rings. The van der Waals surface area contributed by atoms with Crippen LogP contribution in [0.2, 0.25) is 0 Å². The third-order valence-electron chi connectivity index (χ3n) is 5.67. The highest BCUT2D eigenvalue weighted by atomic mass is 16.7. The van der Waals surface area contributed by atoms with Crippen LogP contribution in [0.3, 0.4) is 0 Å². The first-order valence-corrected chi connectivity index (χ1v) is 11.1. The summed E-state index contributed by atoms with van der Waals surface area (Å²) in [4.78, 5) is 16.4. The van der Waals surface area contributed by atoms with Crippen LogP contribution in [-0.4, -0.2) is 40.1 Å². The molecule has 7 nitrogen and oxygen atoms in total. The minimum absolute atomic E-state index is 0.277. The molecule has 1 aromatic heterocycles. The maximum atomic E-state index is 11.6. The second kappa shape index (κ2) is 9.85. The molecule has 0 aliphatic rings. The number of aromatic carboxylic acids is 1. The molecule has 0 spiro atoms. The summed E-state index contributed by atoms with van der Waals surface area (Å²) in [5, 5.41) is 14.3. The molecule has 0 atom stereocenters. The summed E-state index contributed by atoms with van der Waals surface area (Å²) < 4.78 is 13.4. The van der Waals surface area contributed by atoms with E-state index in [9.17, 15) is 9.90 Å². The van der Waals surface area contributed by atoms with Gasteiger partial charge in [0.05, 0.1) is 11.1 Å². The minimum atomic E-state index is -0.982. The number of hydrogen-bond acceptors (Lipinski definition) is 5. The first kappa shape index (κ1) is 24.6. The molecule has 176 valence electrons.